The van der Waals surface area contributed by atoms with Gasteiger partial charge >= 0.3 is 0 Å². The van der Waals surface area contributed by atoms with Crippen LogP contribution in [-0.2, 0) is 17.3 Å². The molecule has 33 heavy (non-hydrogen) atoms. The second kappa shape index (κ2) is 9.02. The molecule has 0 radical (unpaired) electrons. The van der Waals surface area contributed by atoms with Crippen LogP contribution >= 0.6 is 0 Å². The van der Waals surface area contributed by atoms with E-state index in [1.807, 2.05) is 0 Å². The molecule has 0 amide bonds. The Balaban J connectivity index is 1.90. The predicted octanol–water partition coefficient (Wildman–Crippen LogP) is 6.62. The molecule has 0 saturated heterocycles. The van der Waals surface area contributed by atoms with Crippen molar-refractivity contribution in [2.24, 2.45) is 0 Å². The number of carbonyl (C=O) groups is 1. The van der Waals surface area contributed by atoms with Gasteiger partial charge in [-0.05, 0) is 46.8 Å². The van der Waals surface area contributed by atoms with E-state index in [1.165, 1.54) is 16.3 Å². The van der Waals surface area contributed by atoms with E-state index in [-0.39, 0.29) is 15.9 Å². The minimum atomic E-state index is -1.95. The van der Waals surface area contributed by atoms with Gasteiger partial charge in [0.25, 0.3) is 0 Å². The van der Waals surface area contributed by atoms with Crippen molar-refractivity contribution in [1.82, 2.24) is 0 Å². The Hall–Kier alpha value is -1.36. The molecule has 3 rings (SSSR count). The highest BCUT2D eigenvalue weighted by Gasteiger charge is 2.46. The minimum Gasteiger partial charge on any atom is -0.493 e. The SMILES string of the molecule is CC(C)(C)[Si](C)(C)OCCCC#Cc1c2c(c([Si](C)(C)C(C)(C)C)c3c1CCC3=O)OCC2. The molecule has 2 aliphatic rings. The van der Waals surface area contributed by atoms with Gasteiger partial charge in [0.15, 0.2) is 14.1 Å². The van der Waals surface area contributed by atoms with Gasteiger partial charge in [-0.25, -0.2) is 0 Å². The van der Waals surface area contributed by atoms with E-state index in [4.69, 9.17) is 9.16 Å². The second-order valence-electron chi connectivity index (χ2n) is 12.8. The van der Waals surface area contributed by atoms with Gasteiger partial charge in [0.2, 0.25) is 0 Å². The number of carbonyl (C=O) groups excluding carboxylic acids is 1. The zero-order valence-corrected chi connectivity index (χ0v) is 24.7. The molecule has 0 N–H and O–H groups in total. The summed E-state index contributed by atoms with van der Waals surface area (Å²) in [4.78, 5) is 13.1. The van der Waals surface area contributed by atoms with Crippen molar-refractivity contribution in [3.8, 4) is 17.6 Å². The van der Waals surface area contributed by atoms with Crippen LogP contribution < -0.4 is 9.92 Å². The Labute approximate surface area is 204 Å². The standard InChI is InChI=1S/C28H44O3Si2/c1-27(2,3)32(7,8)26-24-21(15-16-23(24)29)20(22-17-19-30-25(22)26)14-12-11-13-18-31-33(9,10)28(4,5)6/h11,13,15-19H2,1-10H3. The Morgan fingerprint density at radius 1 is 0.939 bits per heavy atom. The van der Waals surface area contributed by atoms with Crippen LogP contribution in [0.2, 0.25) is 36.3 Å². The summed E-state index contributed by atoms with van der Waals surface area (Å²) in [6.07, 6.45) is 4.09. The molecule has 1 aromatic rings. The normalized spacial score (nSPS) is 16.2. The molecule has 0 bridgehead atoms. The molecular formula is C28H44O3Si2. The molecule has 182 valence electrons. The van der Waals surface area contributed by atoms with Crippen LogP contribution in [0.15, 0.2) is 0 Å². The number of ether oxygens (including phenoxy) is 1. The zero-order valence-electron chi connectivity index (χ0n) is 22.7. The largest absolute Gasteiger partial charge is 0.493 e. The maximum atomic E-state index is 13.1. The summed E-state index contributed by atoms with van der Waals surface area (Å²) in [6.45, 7) is 24.6. The third kappa shape index (κ3) is 4.90. The molecule has 1 heterocycles. The van der Waals surface area contributed by atoms with Crippen LogP contribution in [0.4, 0.5) is 0 Å². The fourth-order valence-corrected chi connectivity index (χ4v) is 7.93. The highest BCUT2D eigenvalue weighted by molar-refractivity contribution is 6.93. The smallest absolute Gasteiger partial charge is 0.191 e. The first-order valence-corrected chi connectivity index (χ1v) is 18.5. The number of hydrogen-bond donors (Lipinski definition) is 0. The summed E-state index contributed by atoms with van der Waals surface area (Å²) in [7, 11) is -3.65. The molecule has 0 aromatic heterocycles. The highest BCUT2D eigenvalue weighted by Crippen LogP contribution is 2.44. The molecule has 1 aliphatic carbocycles. The van der Waals surface area contributed by atoms with E-state index in [0.29, 0.717) is 13.0 Å². The van der Waals surface area contributed by atoms with Crippen molar-refractivity contribution in [3.05, 3.63) is 22.3 Å². The number of rotatable bonds is 5. The van der Waals surface area contributed by atoms with Gasteiger partial charge in [-0.3, -0.25) is 4.79 Å². The lowest BCUT2D eigenvalue weighted by molar-refractivity contribution is 0.0995. The summed E-state index contributed by atoms with van der Waals surface area (Å²) >= 11 is 0. The van der Waals surface area contributed by atoms with Gasteiger partial charge in [-0.2, -0.15) is 0 Å². The van der Waals surface area contributed by atoms with Crippen molar-refractivity contribution in [3.63, 3.8) is 0 Å². The van der Waals surface area contributed by atoms with E-state index in [9.17, 15) is 4.79 Å². The monoisotopic (exact) mass is 484 g/mol. The maximum absolute atomic E-state index is 13.1. The van der Waals surface area contributed by atoms with Gasteiger partial charge in [-0.15, -0.1) is 0 Å². The second-order valence-corrected chi connectivity index (χ2v) is 22.9. The number of ketones is 1. The van der Waals surface area contributed by atoms with Crippen LogP contribution in [-0.4, -0.2) is 35.4 Å². The molecule has 5 heteroatoms. The Bertz CT molecular complexity index is 995. The highest BCUT2D eigenvalue weighted by atomic mass is 28.4. The van der Waals surface area contributed by atoms with E-state index in [2.05, 4.69) is 79.6 Å². The summed E-state index contributed by atoms with van der Waals surface area (Å²) in [5.41, 5.74) is 4.52. The van der Waals surface area contributed by atoms with Gasteiger partial charge in [0.1, 0.15) is 5.75 Å². The lowest BCUT2D eigenvalue weighted by atomic mass is 9.95. The lowest BCUT2D eigenvalue weighted by Gasteiger charge is -2.39. The molecule has 0 atom stereocenters. The molecular weight excluding hydrogens is 440 g/mol. The van der Waals surface area contributed by atoms with E-state index < -0.39 is 16.4 Å². The Morgan fingerprint density at radius 3 is 2.21 bits per heavy atom. The van der Waals surface area contributed by atoms with Gasteiger partial charge < -0.3 is 9.16 Å². The van der Waals surface area contributed by atoms with Gasteiger partial charge in [-0.1, -0.05) is 66.5 Å². The number of benzene rings is 1. The Kier molecular flexibility index (Phi) is 7.17. The lowest BCUT2D eigenvalue weighted by Crippen LogP contribution is -2.52. The fraction of sp³-hybridized carbons (Fsp3) is 0.679. The average Bonchev–Trinajstić information content (AvgIpc) is 3.29. The van der Waals surface area contributed by atoms with E-state index in [0.717, 1.165) is 49.2 Å². The van der Waals surface area contributed by atoms with Crippen molar-refractivity contribution in [2.45, 2.75) is 110 Å². The van der Waals surface area contributed by atoms with E-state index >= 15 is 0 Å². The summed E-state index contributed by atoms with van der Waals surface area (Å²) in [6, 6.07) is 0. The average molecular weight is 485 g/mol. The molecule has 1 aromatic carbocycles. The van der Waals surface area contributed by atoms with Crippen molar-refractivity contribution in [2.75, 3.05) is 13.2 Å². The maximum Gasteiger partial charge on any atom is 0.191 e. The zero-order chi connectivity index (χ0) is 24.8. The molecule has 3 nitrogen and oxygen atoms in total. The number of hydrogen-bond acceptors (Lipinski definition) is 3. The van der Waals surface area contributed by atoms with Crippen molar-refractivity contribution >= 4 is 27.4 Å². The first kappa shape index (κ1) is 26.3. The van der Waals surface area contributed by atoms with E-state index in [1.54, 1.807) is 0 Å². The first-order chi connectivity index (χ1) is 15.1. The van der Waals surface area contributed by atoms with Crippen LogP contribution in [0.25, 0.3) is 0 Å². The van der Waals surface area contributed by atoms with Crippen molar-refractivity contribution in [1.29, 1.82) is 0 Å². The molecule has 0 unspecified atom stereocenters. The van der Waals surface area contributed by atoms with Gasteiger partial charge in [0, 0.05) is 42.6 Å². The topological polar surface area (TPSA) is 35.5 Å². The third-order valence-corrected chi connectivity index (χ3v) is 18.6. The van der Waals surface area contributed by atoms with Crippen LogP contribution in [0.1, 0.15) is 87.9 Å². The van der Waals surface area contributed by atoms with Crippen LogP contribution in [0.5, 0.6) is 5.75 Å². The Morgan fingerprint density at radius 2 is 1.61 bits per heavy atom. The van der Waals surface area contributed by atoms with Gasteiger partial charge in [0.05, 0.1) is 14.7 Å². The quantitative estimate of drug-likeness (QED) is 0.268. The molecule has 1 aliphatic heterocycles. The number of Topliss-reactive ketones (excluding diaryl/α,β-unsaturated/α-hetero) is 1. The van der Waals surface area contributed by atoms with Crippen molar-refractivity contribution < 1.29 is 14.0 Å². The predicted molar refractivity (Wildman–Crippen MR) is 144 cm³/mol. The van der Waals surface area contributed by atoms with Crippen LogP contribution in [0, 0.1) is 11.8 Å². The number of unbranched alkanes of at least 4 members (excludes halogenated alkanes) is 1. The molecule has 0 saturated carbocycles. The first-order valence-electron chi connectivity index (χ1n) is 12.6. The molecule has 0 spiro atoms. The number of fused-ring (bicyclic) bond motifs is 2. The summed E-state index contributed by atoms with van der Waals surface area (Å²) in [5, 5.41) is 1.63. The minimum absolute atomic E-state index is 0.140. The molecule has 0 fully saturated rings. The fourth-order valence-electron chi connectivity index (χ4n) is 4.39. The summed E-state index contributed by atoms with van der Waals surface area (Å²) in [5.74, 6) is 8.21. The summed E-state index contributed by atoms with van der Waals surface area (Å²) < 4.78 is 12.5. The van der Waals surface area contributed by atoms with Crippen LogP contribution in [0.3, 0.4) is 0 Å². The third-order valence-electron chi connectivity index (χ3n) is 8.56.